The van der Waals surface area contributed by atoms with Gasteiger partial charge in [0.2, 0.25) is 0 Å². The molecule has 0 bridgehead atoms. The second-order valence-electron chi connectivity index (χ2n) is 3.89. The van der Waals surface area contributed by atoms with E-state index in [1.807, 2.05) is 19.9 Å². The Morgan fingerprint density at radius 1 is 1.29 bits per heavy atom. The highest BCUT2D eigenvalue weighted by Gasteiger charge is 2.20. The standard InChI is InChI=1S/C13H19NO3/c1-8-7-11(16-3)9(2)12(13(8)17-4)10(15)5-6-14/h7H,5-6,14H2,1-4H3. The Morgan fingerprint density at radius 3 is 2.41 bits per heavy atom. The molecule has 0 aliphatic rings. The molecule has 17 heavy (non-hydrogen) atoms. The third-order valence-electron chi connectivity index (χ3n) is 2.75. The van der Waals surface area contributed by atoms with Crippen LogP contribution in [0.1, 0.15) is 27.9 Å². The van der Waals surface area contributed by atoms with E-state index in [1.54, 1.807) is 14.2 Å². The number of nitrogens with two attached hydrogens (primary N) is 1. The van der Waals surface area contributed by atoms with Crippen LogP contribution in [0.3, 0.4) is 0 Å². The van der Waals surface area contributed by atoms with Gasteiger partial charge >= 0.3 is 0 Å². The van der Waals surface area contributed by atoms with Crippen molar-refractivity contribution in [1.82, 2.24) is 0 Å². The van der Waals surface area contributed by atoms with Crippen LogP contribution in [0.25, 0.3) is 0 Å². The van der Waals surface area contributed by atoms with Crippen LogP contribution < -0.4 is 15.2 Å². The van der Waals surface area contributed by atoms with Gasteiger partial charge in [0, 0.05) is 12.0 Å². The summed E-state index contributed by atoms with van der Waals surface area (Å²) in [5.41, 5.74) is 7.69. The Morgan fingerprint density at radius 2 is 1.94 bits per heavy atom. The topological polar surface area (TPSA) is 61.5 Å². The average molecular weight is 237 g/mol. The lowest BCUT2D eigenvalue weighted by Gasteiger charge is -2.16. The molecule has 0 aliphatic heterocycles. The molecule has 4 heteroatoms. The molecule has 94 valence electrons. The molecule has 0 aliphatic carbocycles. The van der Waals surface area contributed by atoms with Gasteiger partial charge in [0.15, 0.2) is 5.78 Å². The van der Waals surface area contributed by atoms with E-state index in [9.17, 15) is 4.79 Å². The Balaban J connectivity index is 3.42. The molecule has 0 fully saturated rings. The summed E-state index contributed by atoms with van der Waals surface area (Å²) in [7, 11) is 3.15. The number of ketones is 1. The monoisotopic (exact) mass is 237 g/mol. The van der Waals surface area contributed by atoms with Gasteiger partial charge in [-0.2, -0.15) is 0 Å². The van der Waals surface area contributed by atoms with E-state index in [4.69, 9.17) is 15.2 Å². The number of carbonyl (C=O) groups is 1. The van der Waals surface area contributed by atoms with Gasteiger partial charge < -0.3 is 15.2 Å². The van der Waals surface area contributed by atoms with Crippen molar-refractivity contribution in [1.29, 1.82) is 0 Å². The summed E-state index contributed by atoms with van der Waals surface area (Å²) in [5, 5.41) is 0. The summed E-state index contributed by atoms with van der Waals surface area (Å²) in [4.78, 5) is 12.1. The first-order valence-corrected chi connectivity index (χ1v) is 5.52. The zero-order valence-electron chi connectivity index (χ0n) is 10.8. The van der Waals surface area contributed by atoms with Gasteiger partial charge in [0.05, 0.1) is 19.8 Å². The lowest BCUT2D eigenvalue weighted by Crippen LogP contribution is -2.12. The number of ether oxygens (including phenoxy) is 2. The van der Waals surface area contributed by atoms with Crippen LogP contribution in [0.5, 0.6) is 11.5 Å². The molecule has 0 unspecified atom stereocenters. The number of benzene rings is 1. The van der Waals surface area contributed by atoms with E-state index in [0.717, 1.165) is 11.1 Å². The van der Waals surface area contributed by atoms with Crippen molar-refractivity contribution < 1.29 is 14.3 Å². The highest BCUT2D eigenvalue weighted by atomic mass is 16.5. The van der Waals surface area contributed by atoms with Crippen molar-refractivity contribution in [3.63, 3.8) is 0 Å². The number of hydrogen-bond donors (Lipinski definition) is 1. The van der Waals surface area contributed by atoms with Crippen molar-refractivity contribution in [3.8, 4) is 11.5 Å². The number of hydrogen-bond acceptors (Lipinski definition) is 4. The maximum absolute atomic E-state index is 12.1. The van der Waals surface area contributed by atoms with Gasteiger partial charge in [0.1, 0.15) is 11.5 Å². The predicted octanol–water partition coefficient (Wildman–Crippen LogP) is 1.85. The Bertz CT molecular complexity index is 427. The molecule has 0 saturated carbocycles. The largest absolute Gasteiger partial charge is 0.496 e. The first kappa shape index (κ1) is 13.5. The van der Waals surface area contributed by atoms with E-state index in [0.29, 0.717) is 30.0 Å². The van der Waals surface area contributed by atoms with E-state index >= 15 is 0 Å². The van der Waals surface area contributed by atoms with Crippen molar-refractivity contribution in [2.24, 2.45) is 5.73 Å². The van der Waals surface area contributed by atoms with E-state index in [-0.39, 0.29) is 5.78 Å². The smallest absolute Gasteiger partial charge is 0.168 e. The van der Waals surface area contributed by atoms with Gasteiger partial charge in [-0.3, -0.25) is 4.79 Å². The quantitative estimate of drug-likeness (QED) is 0.794. The molecular weight excluding hydrogens is 218 g/mol. The molecule has 0 saturated heterocycles. The van der Waals surface area contributed by atoms with Crippen LogP contribution in [0.15, 0.2) is 6.07 Å². The van der Waals surface area contributed by atoms with Gasteiger partial charge in [-0.25, -0.2) is 0 Å². The molecule has 0 aromatic heterocycles. The van der Waals surface area contributed by atoms with Crippen LogP contribution in [-0.4, -0.2) is 26.5 Å². The van der Waals surface area contributed by atoms with Crippen LogP contribution in [-0.2, 0) is 0 Å². The van der Waals surface area contributed by atoms with Gasteiger partial charge in [0.25, 0.3) is 0 Å². The average Bonchev–Trinajstić information content (AvgIpc) is 2.31. The SMILES string of the molecule is COc1cc(C)c(OC)c(C(=O)CCN)c1C. The summed E-state index contributed by atoms with van der Waals surface area (Å²) >= 11 is 0. The number of carbonyl (C=O) groups excluding carboxylic acids is 1. The molecule has 1 rings (SSSR count). The van der Waals surface area contributed by atoms with Gasteiger partial charge in [-0.05, 0) is 32.0 Å². The first-order chi connectivity index (χ1) is 8.06. The van der Waals surface area contributed by atoms with Crippen molar-refractivity contribution in [2.75, 3.05) is 20.8 Å². The normalized spacial score (nSPS) is 10.2. The summed E-state index contributed by atoms with van der Waals surface area (Å²) in [5.74, 6) is 1.30. The summed E-state index contributed by atoms with van der Waals surface area (Å²) in [6.07, 6.45) is 0.309. The van der Waals surface area contributed by atoms with Gasteiger partial charge in [-0.15, -0.1) is 0 Å². The lowest BCUT2D eigenvalue weighted by atomic mass is 9.97. The number of aryl methyl sites for hydroxylation is 1. The molecule has 0 atom stereocenters. The summed E-state index contributed by atoms with van der Waals surface area (Å²) < 4.78 is 10.6. The molecule has 0 heterocycles. The molecule has 2 N–H and O–H groups in total. The zero-order chi connectivity index (χ0) is 13.0. The van der Waals surface area contributed by atoms with Crippen LogP contribution in [0.4, 0.5) is 0 Å². The molecule has 1 aromatic carbocycles. The molecule has 0 spiro atoms. The Kier molecular flexibility index (Phi) is 4.52. The van der Waals surface area contributed by atoms with E-state index in [2.05, 4.69) is 0 Å². The number of Topliss-reactive ketones (excluding diaryl/α,β-unsaturated/α-hetero) is 1. The number of methoxy groups -OCH3 is 2. The first-order valence-electron chi connectivity index (χ1n) is 5.52. The minimum absolute atomic E-state index is 0.0103. The molecule has 1 aromatic rings. The lowest BCUT2D eigenvalue weighted by molar-refractivity contribution is 0.0981. The molecule has 0 radical (unpaired) electrons. The molecule has 4 nitrogen and oxygen atoms in total. The van der Waals surface area contributed by atoms with Crippen molar-refractivity contribution in [3.05, 3.63) is 22.8 Å². The van der Waals surface area contributed by atoms with Crippen molar-refractivity contribution >= 4 is 5.78 Å². The highest BCUT2D eigenvalue weighted by Crippen LogP contribution is 2.34. The highest BCUT2D eigenvalue weighted by molar-refractivity contribution is 6.01. The fourth-order valence-electron chi connectivity index (χ4n) is 1.93. The minimum atomic E-state index is -0.0103. The van der Waals surface area contributed by atoms with E-state index in [1.165, 1.54) is 0 Å². The molecule has 0 amide bonds. The third-order valence-corrected chi connectivity index (χ3v) is 2.75. The predicted molar refractivity (Wildman–Crippen MR) is 67.0 cm³/mol. The Hall–Kier alpha value is -1.55. The molecular formula is C13H19NO3. The fraction of sp³-hybridized carbons (Fsp3) is 0.462. The Labute approximate surface area is 102 Å². The number of rotatable bonds is 5. The second-order valence-corrected chi connectivity index (χ2v) is 3.89. The summed E-state index contributed by atoms with van der Waals surface area (Å²) in [6, 6.07) is 1.87. The van der Waals surface area contributed by atoms with Crippen LogP contribution >= 0.6 is 0 Å². The van der Waals surface area contributed by atoms with Gasteiger partial charge in [-0.1, -0.05) is 0 Å². The maximum atomic E-state index is 12.1. The van der Waals surface area contributed by atoms with Crippen LogP contribution in [0, 0.1) is 13.8 Å². The fourth-order valence-corrected chi connectivity index (χ4v) is 1.93. The van der Waals surface area contributed by atoms with Crippen molar-refractivity contribution in [2.45, 2.75) is 20.3 Å². The summed E-state index contributed by atoms with van der Waals surface area (Å²) in [6.45, 7) is 4.07. The van der Waals surface area contributed by atoms with E-state index < -0.39 is 0 Å². The maximum Gasteiger partial charge on any atom is 0.168 e. The zero-order valence-corrected chi connectivity index (χ0v) is 10.8. The third kappa shape index (κ3) is 2.58. The van der Waals surface area contributed by atoms with Crippen LogP contribution in [0.2, 0.25) is 0 Å². The second kappa shape index (κ2) is 5.68. The minimum Gasteiger partial charge on any atom is -0.496 e.